The van der Waals surface area contributed by atoms with Crippen molar-refractivity contribution >= 4 is 11.9 Å². The normalized spacial score (nSPS) is 24.4. The van der Waals surface area contributed by atoms with Gasteiger partial charge in [0.05, 0.1) is 6.04 Å². The first-order valence-corrected chi connectivity index (χ1v) is 5.61. The van der Waals surface area contributed by atoms with Gasteiger partial charge in [-0.25, -0.2) is 4.79 Å². The predicted molar refractivity (Wildman–Crippen MR) is 62.1 cm³/mol. The summed E-state index contributed by atoms with van der Waals surface area (Å²) >= 11 is 0. The number of ether oxygens (including phenoxy) is 1. The Morgan fingerprint density at radius 2 is 2.00 bits per heavy atom. The number of rotatable bonds is 1. The Bertz CT molecular complexity index is 430. The third-order valence-electron chi connectivity index (χ3n) is 3.03. The highest BCUT2D eigenvalue weighted by molar-refractivity contribution is 5.84. The Kier molecular flexibility index (Phi) is 3.13. The van der Waals surface area contributed by atoms with Crippen molar-refractivity contribution in [3.63, 3.8) is 0 Å². The fraction of sp³-hybridized carbons (Fsp3) is 0.385. The number of esters is 1. The van der Waals surface area contributed by atoms with E-state index in [0.29, 0.717) is 0 Å². The molecule has 17 heavy (non-hydrogen) atoms. The van der Waals surface area contributed by atoms with Gasteiger partial charge in [-0.2, -0.15) is 0 Å². The average Bonchev–Trinajstić information content (AvgIpc) is 2.33. The van der Waals surface area contributed by atoms with Gasteiger partial charge >= 0.3 is 5.97 Å². The van der Waals surface area contributed by atoms with Crippen molar-refractivity contribution in [3.8, 4) is 0 Å². The number of cyclic esters (lactones) is 1. The Labute approximate surface area is 100 Å². The van der Waals surface area contributed by atoms with Gasteiger partial charge in [-0.05, 0) is 12.5 Å². The molecule has 4 nitrogen and oxygen atoms in total. The van der Waals surface area contributed by atoms with Gasteiger partial charge in [0.1, 0.15) is 12.6 Å². The molecule has 0 saturated carbocycles. The Balaban J connectivity index is 2.33. The summed E-state index contributed by atoms with van der Waals surface area (Å²) in [5, 5.41) is 0. The summed E-state index contributed by atoms with van der Waals surface area (Å²) in [5.41, 5.74) is 0.988. The number of carbonyl (C=O) groups is 2. The van der Waals surface area contributed by atoms with E-state index in [1.807, 2.05) is 30.3 Å². The number of nitrogens with zero attached hydrogens (tertiary/aromatic N) is 1. The van der Waals surface area contributed by atoms with Gasteiger partial charge in [0, 0.05) is 6.92 Å². The standard InChI is InChI=1S/C13H15NO3/c1-9-13(16)17-8-12(14(9)10(2)15)11-6-4-3-5-7-11/h3-7,9,12H,8H2,1-2H3/t9-,12?/m0/s1. The van der Waals surface area contributed by atoms with Crippen LogP contribution in [0.25, 0.3) is 0 Å². The molecule has 1 aromatic carbocycles. The number of hydrogen-bond donors (Lipinski definition) is 0. The molecule has 0 N–H and O–H groups in total. The SMILES string of the molecule is CC(=O)N1C(c2ccccc2)COC(=O)[C@@H]1C. The molecule has 1 heterocycles. The minimum atomic E-state index is -0.522. The molecule has 0 radical (unpaired) electrons. The van der Waals surface area contributed by atoms with Crippen LogP contribution in [0.1, 0.15) is 25.5 Å². The van der Waals surface area contributed by atoms with Gasteiger partial charge < -0.3 is 9.64 Å². The Morgan fingerprint density at radius 1 is 1.35 bits per heavy atom. The summed E-state index contributed by atoms with van der Waals surface area (Å²) in [6.07, 6.45) is 0. The summed E-state index contributed by atoms with van der Waals surface area (Å²) in [6.45, 7) is 3.40. The highest BCUT2D eigenvalue weighted by atomic mass is 16.5. The maximum atomic E-state index is 11.7. The monoisotopic (exact) mass is 233 g/mol. The van der Waals surface area contributed by atoms with Gasteiger partial charge in [-0.15, -0.1) is 0 Å². The molecule has 1 amide bonds. The van der Waals surface area contributed by atoms with Gasteiger partial charge in [-0.1, -0.05) is 30.3 Å². The molecule has 1 aliphatic rings. The second-order valence-corrected chi connectivity index (χ2v) is 4.16. The van der Waals surface area contributed by atoms with Crippen LogP contribution in [-0.2, 0) is 14.3 Å². The lowest BCUT2D eigenvalue weighted by atomic mass is 10.0. The first-order valence-electron chi connectivity index (χ1n) is 5.61. The molecule has 0 bridgehead atoms. The summed E-state index contributed by atoms with van der Waals surface area (Å²) < 4.78 is 5.10. The van der Waals surface area contributed by atoms with E-state index in [1.165, 1.54) is 6.92 Å². The Hall–Kier alpha value is -1.84. The van der Waals surface area contributed by atoms with E-state index in [9.17, 15) is 9.59 Å². The van der Waals surface area contributed by atoms with Crippen LogP contribution in [0.3, 0.4) is 0 Å². The molecule has 4 heteroatoms. The fourth-order valence-corrected chi connectivity index (χ4v) is 2.17. The summed E-state index contributed by atoms with van der Waals surface area (Å²) in [5.74, 6) is -0.449. The van der Waals surface area contributed by atoms with Crippen molar-refractivity contribution in [1.82, 2.24) is 4.90 Å². The van der Waals surface area contributed by atoms with Gasteiger partial charge in [-0.3, -0.25) is 4.79 Å². The molecule has 0 aromatic heterocycles. The van der Waals surface area contributed by atoms with Crippen molar-refractivity contribution in [2.75, 3.05) is 6.61 Å². The molecule has 1 saturated heterocycles. The third-order valence-corrected chi connectivity index (χ3v) is 3.03. The highest BCUT2D eigenvalue weighted by Crippen LogP contribution is 2.27. The van der Waals surface area contributed by atoms with Crippen LogP contribution in [0.2, 0.25) is 0 Å². The summed E-state index contributed by atoms with van der Waals surface area (Å²) in [6, 6.07) is 8.91. The van der Waals surface area contributed by atoms with E-state index in [2.05, 4.69) is 0 Å². The van der Waals surface area contributed by atoms with Crippen molar-refractivity contribution in [2.45, 2.75) is 25.9 Å². The van der Waals surface area contributed by atoms with Crippen molar-refractivity contribution in [3.05, 3.63) is 35.9 Å². The van der Waals surface area contributed by atoms with Crippen LogP contribution in [0, 0.1) is 0 Å². The molecular weight excluding hydrogens is 218 g/mol. The zero-order valence-electron chi connectivity index (χ0n) is 9.92. The number of amides is 1. The van der Waals surface area contributed by atoms with E-state index in [-0.39, 0.29) is 24.5 Å². The number of carbonyl (C=O) groups excluding carboxylic acids is 2. The zero-order chi connectivity index (χ0) is 12.4. The van der Waals surface area contributed by atoms with Gasteiger partial charge in [0.25, 0.3) is 0 Å². The predicted octanol–water partition coefficient (Wildman–Crippen LogP) is 1.52. The molecule has 1 fully saturated rings. The van der Waals surface area contributed by atoms with Gasteiger partial charge in [0.2, 0.25) is 5.91 Å². The number of morpholine rings is 1. The number of benzene rings is 1. The van der Waals surface area contributed by atoms with Crippen LogP contribution >= 0.6 is 0 Å². The first kappa shape index (κ1) is 11.6. The second kappa shape index (κ2) is 4.57. The first-order chi connectivity index (χ1) is 8.11. The van der Waals surface area contributed by atoms with E-state index < -0.39 is 6.04 Å². The largest absolute Gasteiger partial charge is 0.462 e. The van der Waals surface area contributed by atoms with Crippen LogP contribution in [-0.4, -0.2) is 29.4 Å². The van der Waals surface area contributed by atoms with E-state index in [0.717, 1.165) is 5.56 Å². The third kappa shape index (κ3) is 2.16. The minimum Gasteiger partial charge on any atom is -0.462 e. The van der Waals surface area contributed by atoms with Crippen LogP contribution in [0.5, 0.6) is 0 Å². The smallest absolute Gasteiger partial charge is 0.328 e. The van der Waals surface area contributed by atoms with Crippen LogP contribution in [0.15, 0.2) is 30.3 Å². The Morgan fingerprint density at radius 3 is 2.59 bits per heavy atom. The van der Waals surface area contributed by atoms with Crippen molar-refractivity contribution in [2.24, 2.45) is 0 Å². The molecule has 0 aliphatic carbocycles. The maximum absolute atomic E-state index is 11.7. The molecule has 0 spiro atoms. The molecular formula is C13H15NO3. The van der Waals surface area contributed by atoms with Gasteiger partial charge in [0.15, 0.2) is 0 Å². The molecule has 2 rings (SSSR count). The lowest BCUT2D eigenvalue weighted by Gasteiger charge is -2.38. The molecule has 1 aromatic rings. The van der Waals surface area contributed by atoms with Crippen molar-refractivity contribution < 1.29 is 14.3 Å². The fourth-order valence-electron chi connectivity index (χ4n) is 2.17. The zero-order valence-corrected chi connectivity index (χ0v) is 9.92. The molecule has 1 unspecified atom stereocenters. The molecule has 90 valence electrons. The average molecular weight is 233 g/mol. The van der Waals surface area contributed by atoms with E-state index in [4.69, 9.17) is 4.74 Å². The quantitative estimate of drug-likeness (QED) is 0.691. The topological polar surface area (TPSA) is 46.6 Å². The van der Waals surface area contributed by atoms with E-state index in [1.54, 1.807) is 11.8 Å². The van der Waals surface area contributed by atoms with Crippen LogP contribution in [0.4, 0.5) is 0 Å². The lowest BCUT2D eigenvalue weighted by molar-refractivity contribution is -0.168. The summed E-state index contributed by atoms with van der Waals surface area (Å²) in [7, 11) is 0. The van der Waals surface area contributed by atoms with Crippen molar-refractivity contribution in [1.29, 1.82) is 0 Å². The van der Waals surface area contributed by atoms with Crippen LogP contribution < -0.4 is 0 Å². The summed E-state index contributed by atoms with van der Waals surface area (Å²) in [4.78, 5) is 24.7. The number of hydrogen-bond acceptors (Lipinski definition) is 3. The maximum Gasteiger partial charge on any atom is 0.328 e. The molecule has 2 atom stereocenters. The molecule has 1 aliphatic heterocycles. The minimum absolute atomic E-state index is 0.108. The van der Waals surface area contributed by atoms with E-state index >= 15 is 0 Å². The second-order valence-electron chi connectivity index (χ2n) is 4.16. The lowest BCUT2D eigenvalue weighted by Crippen LogP contribution is -2.51. The highest BCUT2D eigenvalue weighted by Gasteiger charge is 2.37.